The summed E-state index contributed by atoms with van der Waals surface area (Å²) in [6.07, 6.45) is 2.65. The molecule has 0 aliphatic carbocycles. The Morgan fingerprint density at radius 2 is 2.36 bits per heavy atom. The predicted molar refractivity (Wildman–Crippen MR) is 48.1 cm³/mol. The molecule has 0 saturated heterocycles. The zero-order valence-electron chi connectivity index (χ0n) is 6.96. The fraction of sp³-hybridized carbons (Fsp3) is 0.857. The third-order valence-electron chi connectivity index (χ3n) is 1.40. The molecule has 0 aliphatic rings. The fourth-order valence-corrected chi connectivity index (χ4v) is 1.06. The lowest BCUT2D eigenvalue weighted by atomic mass is 10.2. The summed E-state index contributed by atoms with van der Waals surface area (Å²) in [5.74, 6) is 0.206. The van der Waals surface area contributed by atoms with Crippen LogP contribution >= 0.6 is 11.8 Å². The summed E-state index contributed by atoms with van der Waals surface area (Å²) in [5, 5.41) is 11.6. The molecule has 4 heteroatoms. The lowest BCUT2D eigenvalue weighted by Gasteiger charge is -2.10. The topological polar surface area (TPSA) is 49.3 Å². The summed E-state index contributed by atoms with van der Waals surface area (Å²) in [5.41, 5.74) is 0. The molecule has 0 heterocycles. The Morgan fingerprint density at radius 1 is 1.73 bits per heavy atom. The second kappa shape index (κ2) is 6.49. The number of carboxylic acid groups (broad SMARTS) is 1. The number of carboxylic acids is 1. The van der Waals surface area contributed by atoms with Crippen molar-refractivity contribution in [1.29, 1.82) is 0 Å². The first-order chi connectivity index (χ1) is 5.22. The van der Waals surface area contributed by atoms with Crippen LogP contribution in [0, 0.1) is 0 Å². The molecule has 11 heavy (non-hydrogen) atoms. The van der Waals surface area contributed by atoms with Crippen LogP contribution < -0.4 is 5.32 Å². The van der Waals surface area contributed by atoms with Crippen LogP contribution in [0.25, 0.3) is 0 Å². The van der Waals surface area contributed by atoms with Crippen molar-refractivity contribution in [3.63, 3.8) is 0 Å². The minimum atomic E-state index is -0.756. The molecular weight excluding hydrogens is 162 g/mol. The zero-order valence-corrected chi connectivity index (χ0v) is 7.78. The molecule has 0 amide bonds. The molecule has 0 aliphatic heterocycles. The molecule has 1 unspecified atom stereocenters. The first-order valence-electron chi connectivity index (χ1n) is 3.67. The van der Waals surface area contributed by atoms with E-state index in [2.05, 4.69) is 5.32 Å². The van der Waals surface area contributed by atoms with Crippen molar-refractivity contribution in [1.82, 2.24) is 5.32 Å². The number of aliphatic carboxylic acids is 1. The average molecular weight is 177 g/mol. The summed E-state index contributed by atoms with van der Waals surface area (Å²) >= 11 is 1.71. The van der Waals surface area contributed by atoms with E-state index in [1.165, 1.54) is 0 Å². The molecule has 0 aromatic heterocycles. The Morgan fingerprint density at radius 3 is 2.73 bits per heavy atom. The Balaban J connectivity index is 3.44. The van der Waals surface area contributed by atoms with Crippen LogP contribution in [0.5, 0.6) is 0 Å². The normalized spacial score (nSPS) is 12.9. The lowest BCUT2D eigenvalue weighted by Crippen LogP contribution is -2.37. The van der Waals surface area contributed by atoms with Crippen LogP contribution in [0.15, 0.2) is 0 Å². The van der Waals surface area contributed by atoms with E-state index in [9.17, 15) is 4.79 Å². The van der Waals surface area contributed by atoms with Crippen molar-refractivity contribution >= 4 is 17.7 Å². The van der Waals surface area contributed by atoms with Gasteiger partial charge in [0.15, 0.2) is 0 Å². The van der Waals surface area contributed by atoms with Gasteiger partial charge in [-0.2, -0.15) is 11.8 Å². The van der Waals surface area contributed by atoms with E-state index in [1.54, 1.807) is 11.8 Å². The van der Waals surface area contributed by atoms with Crippen LogP contribution in [-0.4, -0.2) is 35.7 Å². The maximum atomic E-state index is 10.5. The van der Waals surface area contributed by atoms with Gasteiger partial charge in [-0.1, -0.05) is 6.92 Å². The van der Waals surface area contributed by atoms with Gasteiger partial charge in [-0.15, -0.1) is 0 Å². The van der Waals surface area contributed by atoms with Gasteiger partial charge in [-0.25, -0.2) is 0 Å². The van der Waals surface area contributed by atoms with Gasteiger partial charge in [0.1, 0.15) is 6.04 Å². The molecule has 0 spiro atoms. The predicted octanol–water partition coefficient (Wildman–Crippen LogP) is 0.802. The summed E-state index contributed by atoms with van der Waals surface area (Å²) in [6.45, 7) is 2.64. The zero-order chi connectivity index (χ0) is 8.69. The SMILES string of the molecule is CCC(NCCSC)C(=O)O. The molecule has 3 nitrogen and oxygen atoms in total. The fourth-order valence-electron chi connectivity index (χ4n) is 0.741. The molecule has 66 valence electrons. The average Bonchev–Trinajstić information content (AvgIpc) is 1.97. The molecular formula is C7H15NO2S. The molecule has 1 atom stereocenters. The Bertz CT molecular complexity index is 119. The molecule has 0 aromatic carbocycles. The van der Waals surface area contributed by atoms with E-state index in [0.717, 1.165) is 12.3 Å². The maximum Gasteiger partial charge on any atom is 0.320 e. The van der Waals surface area contributed by atoms with Crippen LogP contribution in [0.2, 0.25) is 0 Å². The molecule has 0 rings (SSSR count). The van der Waals surface area contributed by atoms with Crippen LogP contribution in [0.1, 0.15) is 13.3 Å². The molecule has 0 bridgehead atoms. The Hall–Kier alpha value is -0.220. The van der Waals surface area contributed by atoms with Crippen molar-refractivity contribution in [3.8, 4) is 0 Å². The molecule has 0 saturated carbocycles. The highest BCUT2D eigenvalue weighted by atomic mass is 32.2. The minimum absolute atomic E-state index is 0.373. The van der Waals surface area contributed by atoms with Crippen molar-refractivity contribution < 1.29 is 9.90 Å². The van der Waals surface area contributed by atoms with Crippen molar-refractivity contribution in [2.24, 2.45) is 0 Å². The van der Waals surface area contributed by atoms with E-state index in [4.69, 9.17) is 5.11 Å². The molecule has 0 radical (unpaired) electrons. The van der Waals surface area contributed by atoms with Gasteiger partial charge in [-0.05, 0) is 12.7 Å². The van der Waals surface area contributed by atoms with Crippen molar-refractivity contribution in [3.05, 3.63) is 0 Å². The quantitative estimate of drug-likeness (QED) is 0.589. The van der Waals surface area contributed by atoms with Crippen molar-refractivity contribution in [2.75, 3.05) is 18.6 Å². The highest BCUT2D eigenvalue weighted by Crippen LogP contribution is 1.92. The van der Waals surface area contributed by atoms with E-state index in [1.807, 2.05) is 13.2 Å². The first-order valence-corrected chi connectivity index (χ1v) is 5.06. The number of rotatable bonds is 6. The first kappa shape index (κ1) is 10.8. The maximum absolute atomic E-state index is 10.5. The minimum Gasteiger partial charge on any atom is -0.480 e. The number of hydrogen-bond acceptors (Lipinski definition) is 3. The standard InChI is InChI=1S/C7H15NO2S/c1-3-6(7(9)10)8-4-5-11-2/h6,8H,3-5H2,1-2H3,(H,9,10). The summed E-state index contributed by atoms with van der Waals surface area (Å²) in [7, 11) is 0. The largest absolute Gasteiger partial charge is 0.480 e. The van der Waals surface area contributed by atoms with E-state index < -0.39 is 5.97 Å². The summed E-state index contributed by atoms with van der Waals surface area (Å²) < 4.78 is 0. The van der Waals surface area contributed by atoms with Gasteiger partial charge >= 0.3 is 5.97 Å². The second-order valence-electron chi connectivity index (χ2n) is 2.25. The molecule has 2 N–H and O–H groups in total. The van der Waals surface area contributed by atoms with Gasteiger partial charge < -0.3 is 10.4 Å². The number of hydrogen-bond donors (Lipinski definition) is 2. The Labute approximate surface area is 71.6 Å². The number of thioether (sulfide) groups is 1. The van der Waals surface area contributed by atoms with E-state index in [-0.39, 0.29) is 6.04 Å². The molecule has 0 aromatic rings. The number of carbonyl (C=O) groups is 1. The van der Waals surface area contributed by atoms with Gasteiger partial charge in [0, 0.05) is 12.3 Å². The monoisotopic (exact) mass is 177 g/mol. The highest BCUT2D eigenvalue weighted by Gasteiger charge is 2.12. The van der Waals surface area contributed by atoms with Crippen LogP contribution in [0.3, 0.4) is 0 Å². The lowest BCUT2D eigenvalue weighted by molar-refractivity contribution is -0.139. The van der Waals surface area contributed by atoms with E-state index >= 15 is 0 Å². The van der Waals surface area contributed by atoms with Gasteiger partial charge in [0.2, 0.25) is 0 Å². The number of nitrogens with one attached hydrogen (secondary N) is 1. The second-order valence-corrected chi connectivity index (χ2v) is 3.23. The third-order valence-corrected chi connectivity index (χ3v) is 2.02. The molecule has 0 fully saturated rings. The van der Waals surface area contributed by atoms with E-state index in [0.29, 0.717) is 6.42 Å². The summed E-state index contributed by atoms with van der Waals surface area (Å²) in [6, 6.07) is -0.373. The van der Waals surface area contributed by atoms with Gasteiger partial charge in [0.05, 0.1) is 0 Å². The van der Waals surface area contributed by atoms with Gasteiger partial charge in [0.25, 0.3) is 0 Å². The highest BCUT2D eigenvalue weighted by molar-refractivity contribution is 7.98. The smallest absolute Gasteiger partial charge is 0.320 e. The van der Waals surface area contributed by atoms with Gasteiger partial charge in [-0.3, -0.25) is 4.79 Å². The third kappa shape index (κ3) is 5.09. The Kier molecular flexibility index (Phi) is 6.36. The summed E-state index contributed by atoms with van der Waals surface area (Å²) in [4.78, 5) is 10.5. The van der Waals surface area contributed by atoms with Crippen LogP contribution in [-0.2, 0) is 4.79 Å². The van der Waals surface area contributed by atoms with Crippen LogP contribution in [0.4, 0.5) is 0 Å². The van der Waals surface area contributed by atoms with Crippen molar-refractivity contribution in [2.45, 2.75) is 19.4 Å².